The zero-order chi connectivity index (χ0) is 17.3. The summed E-state index contributed by atoms with van der Waals surface area (Å²) in [6.07, 6.45) is 1.91. The molecular weight excluding hydrogens is 368 g/mol. The number of hydrogen-bond acceptors (Lipinski definition) is 5. The van der Waals surface area contributed by atoms with Crippen LogP contribution in [0.25, 0.3) is 0 Å². The lowest BCUT2D eigenvalue weighted by Gasteiger charge is -2.33. The van der Waals surface area contributed by atoms with Gasteiger partial charge in [-0.05, 0) is 26.0 Å². The van der Waals surface area contributed by atoms with Crippen molar-refractivity contribution in [2.24, 2.45) is 0 Å². The maximum absolute atomic E-state index is 12.6. The second kappa shape index (κ2) is 7.13. The highest BCUT2D eigenvalue weighted by atomic mass is 35.5. The Labute approximate surface area is 151 Å². The molecule has 0 amide bonds. The van der Waals surface area contributed by atoms with Crippen molar-refractivity contribution in [2.45, 2.75) is 31.1 Å². The number of halogens is 1. The van der Waals surface area contributed by atoms with E-state index in [1.807, 2.05) is 10.9 Å². The second-order valence-electron chi connectivity index (χ2n) is 5.81. The third kappa shape index (κ3) is 3.52. The Morgan fingerprint density at radius 1 is 1.25 bits per heavy atom. The van der Waals surface area contributed by atoms with Crippen LogP contribution in [0.3, 0.4) is 0 Å². The van der Waals surface area contributed by atoms with Crippen LogP contribution < -0.4 is 0 Å². The highest BCUT2D eigenvalue weighted by Crippen LogP contribution is 2.28. The summed E-state index contributed by atoms with van der Waals surface area (Å²) in [6, 6.07) is 3.21. The van der Waals surface area contributed by atoms with Gasteiger partial charge in [0.2, 0.25) is 0 Å². The summed E-state index contributed by atoms with van der Waals surface area (Å²) in [6.45, 7) is 8.25. The molecule has 0 radical (unpaired) electrons. The van der Waals surface area contributed by atoms with Gasteiger partial charge >= 0.3 is 0 Å². The third-order valence-corrected chi connectivity index (χ3v) is 7.97. The van der Waals surface area contributed by atoms with Gasteiger partial charge in [0.15, 0.2) is 0 Å². The van der Waals surface area contributed by atoms with E-state index in [0.717, 1.165) is 37.5 Å². The highest BCUT2D eigenvalue weighted by Gasteiger charge is 2.29. The van der Waals surface area contributed by atoms with E-state index in [0.29, 0.717) is 21.6 Å². The number of piperazine rings is 1. The first-order valence-corrected chi connectivity index (χ1v) is 10.5. The minimum Gasteiger partial charge on any atom is -0.296 e. The Morgan fingerprint density at radius 2 is 1.96 bits per heavy atom. The molecule has 0 atom stereocenters. The summed E-state index contributed by atoms with van der Waals surface area (Å²) in [5.74, 6) is 0. The lowest BCUT2D eigenvalue weighted by Crippen LogP contribution is -2.48. The lowest BCUT2D eigenvalue weighted by atomic mass is 10.2. The van der Waals surface area contributed by atoms with Gasteiger partial charge in [0.1, 0.15) is 4.21 Å². The fraction of sp³-hybridized carbons (Fsp3) is 0.533. The molecule has 24 heavy (non-hydrogen) atoms. The molecule has 1 aliphatic heterocycles. The molecule has 0 N–H and O–H groups in total. The van der Waals surface area contributed by atoms with E-state index in [2.05, 4.69) is 23.8 Å². The Morgan fingerprint density at radius 3 is 2.50 bits per heavy atom. The monoisotopic (exact) mass is 388 g/mol. The van der Waals surface area contributed by atoms with Crippen LogP contribution in [0.4, 0.5) is 0 Å². The van der Waals surface area contributed by atoms with Gasteiger partial charge in [0.05, 0.1) is 10.5 Å². The van der Waals surface area contributed by atoms with E-state index < -0.39 is 10.0 Å². The normalized spacial score (nSPS) is 17.5. The molecule has 6 nitrogen and oxygen atoms in total. The number of hydrogen-bond donors (Lipinski definition) is 0. The SMILES string of the molecule is CCn1ncc(CN2CCN(S(=O)(=O)c3ccc(Cl)s3)CC2)c1C. The van der Waals surface area contributed by atoms with E-state index in [1.165, 1.54) is 11.3 Å². The first-order valence-electron chi connectivity index (χ1n) is 7.91. The molecule has 1 fully saturated rings. The molecule has 1 saturated heterocycles. The standard InChI is InChI=1S/C15H21ClN4O2S2/c1-3-20-12(2)13(10-17-20)11-18-6-8-19(9-7-18)24(21,22)15-5-4-14(16)23-15/h4-5,10H,3,6-9,11H2,1-2H3. The van der Waals surface area contributed by atoms with Gasteiger partial charge in [-0.3, -0.25) is 9.58 Å². The fourth-order valence-electron chi connectivity index (χ4n) is 2.89. The van der Waals surface area contributed by atoms with Crippen molar-refractivity contribution < 1.29 is 8.42 Å². The van der Waals surface area contributed by atoms with Crippen LogP contribution >= 0.6 is 22.9 Å². The lowest BCUT2D eigenvalue weighted by molar-refractivity contribution is 0.181. The molecule has 0 unspecified atom stereocenters. The Bertz CT molecular complexity index is 807. The van der Waals surface area contributed by atoms with Crippen molar-refractivity contribution in [2.75, 3.05) is 26.2 Å². The molecule has 1 aliphatic rings. The zero-order valence-electron chi connectivity index (χ0n) is 13.8. The van der Waals surface area contributed by atoms with Crippen molar-refractivity contribution in [3.63, 3.8) is 0 Å². The minimum atomic E-state index is -3.42. The summed E-state index contributed by atoms with van der Waals surface area (Å²) >= 11 is 6.98. The second-order valence-corrected chi connectivity index (χ2v) is 9.69. The summed E-state index contributed by atoms with van der Waals surface area (Å²) in [4.78, 5) is 2.28. The van der Waals surface area contributed by atoms with Crippen LogP contribution in [0.5, 0.6) is 0 Å². The van der Waals surface area contributed by atoms with Crippen molar-refractivity contribution in [1.29, 1.82) is 0 Å². The van der Waals surface area contributed by atoms with Gasteiger partial charge in [-0.15, -0.1) is 11.3 Å². The third-order valence-electron chi connectivity index (χ3n) is 4.37. The number of rotatable bonds is 5. The van der Waals surface area contributed by atoms with Gasteiger partial charge in [-0.1, -0.05) is 11.6 Å². The number of thiophene rings is 1. The van der Waals surface area contributed by atoms with Gasteiger partial charge < -0.3 is 0 Å². The molecular formula is C15H21ClN4O2S2. The molecule has 0 saturated carbocycles. The van der Waals surface area contributed by atoms with Crippen molar-refractivity contribution in [3.8, 4) is 0 Å². The predicted molar refractivity (Wildman–Crippen MR) is 96.0 cm³/mol. The molecule has 0 bridgehead atoms. The average Bonchev–Trinajstić information content (AvgIpc) is 3.15. The zero-order valence-corrected chi connectivity index (χ0v) is 16.2. The van der Waals surface area contributed by atoms with Gasteiger partial charge in [0, 0.05) is 50.5 Å². The van der Waals surface area contributed by atoms with Crippen molar-refractivity contribution in [1.82, 2.24) is 19.0 Å². The van der Waals surface area contributed by atoms with E-state index in [1.54, 1.807) is 16.4 Å². The van der Waals surface area contributed by atoms with Crippen molar-refractivity contribution >= 4 is 33.0 Å². The van der Waals surface area contributed by atoms with Crippen LogP contribution in [-0.4, -0.2) is 53.6 Å². The van der Waals surface area contributed by atoms with Gasteiger partial charge in [0.25, 0.3) is 10.0 Å². The van der Waals surface area contributed by atoms with E-state index >= 15 is 0 Å². The van der Waals surface area contributed by atoms with Crippen LogP contribution in [0.1, 0.15) is 18.2 Å². The predicted octanol–water partition coefficient (Wildman–Crippen LogP) is 2.43. The molecule has 2 aromatic rings. The van der Waals surface area contributed by atoms with Gasteiger partial charge in [-0.2, -0.15) is 9.40 Å². The maximum Gasteiger partial charge on any atom is 0.252 e. The average molecular weight is 389 g/mol. The number of aryl methyl sites for hydroxylation is 1. The Kier molecular flexibility index (Phi) is 5.31. The van der Waals surface area contributed by atoms with Gasteiger partial charge in [-0.25, -0.2) is 8.42 Å². The topological polar surface area (TPSA) is 58.4 Å². The molecule has 3 heterocycles. The van der Waals surface area contributed by atoms with Crippen LogP contribution in [0.15, 0.2) is 22.5 Å². The van der Waals surface area contributed by atoms with Crippen LogP contribution in [0.2, 0.25) is 4.34 Å². The number of sulfonamides is 1. The Balaban J connectivity index is 1.62. The summed E-state index contributed by atoms with van der Waals surface area (Å²) in [5, 5.41) is 4.37. The molecule has 3 rings (SSSR count). The van der Waals surface area contributed by atoms with E-state index in [9.17, 15) is 8.42 Å². The Hall–Kier alpha value is -0.930. The first-order chi connectivity index (χ1) is 11.4. The summed E-state index contributed by atoms with van der Waals surface area (Å²) in [7, 11) is -3.42. The molecule has 0 aromatic carbocycles. The number of nitrogens with zero attached hydrogens (tertiary/aromatic N) is 4. The fourth-order valence-corrected chi connectivity index (χ4v) is 5.95. The molecule has 9 heteroatoms. The molecule has 132 valence electrons. The molecule has 0 spiro atoms. The largest absolute Gasteiger partial charge is 0.296 e. The minimum absolute atomic E-state index is 0.320. The van der Waals surface area contributed by atoms with E-state index in [-0.39, 0.29) is 0 Å². The smallest absolute Gasteiger partial charge is 0.252 e. The van der Waals surface area contributed by atoms with Crippen LogP contribution in [-0.2, 0) is 23.1 Å². The van der Waals surface area contributed by atoms with E-state index in [4.69, 9.17) is 11.6 Å². The highest BCUT2D eigenvalue weighted by molar-refractivity contribution is 7.91. The van der Waals surface area contributed by atoms with Crippen LogP contribution in [0, 0.1) is 6.92 Å². The first kappa shape index (κ1) is 17.9. The van der Waals surface area contributed by atoms with Crippen molar-refractivity contribution in [3.05, 3.63) is 33.9 Å². The molecule has 2 aromatic heterocycles. The quantitative estimate of drug-likeness (QED) is 0.789. The maximum atomic E-state index is 12.6. The molecule has 0 aliphatic carbocycles. The summed E-state index contributed by atoms with van der Waals surface area (Å²) in [5.41, 5.74) is 2.39. The number of aromatic nitrogens is 2. The summed E-state index contributed by atoms with van der Waals surface area (Å²) < 4.78 is 29.6.